The standard InChI is InChI=1S/C16H21N7OS/c1-23(2)14-12(10-20-22-15(17)25)9-19-16(21-14)18-8-11-5-4-6-13(7-11)24-3/h4-7,9-10H,8H2,1-3H3,(H3,17,22,25)(H,18,19,21)/b20-10+. The van der Waals surface area contributed by atoms with Crippen LogP contribution in [0.15, 0.2) is 35.6 Å². The van der Waals surface area contributed by atoms with E-state index in [1.165, 1.54) is 0 Å². The first-order chi connectivity index (χ1) is 12.0. The van der Waals surface area contributed by atoms with Crippen LogP contribution < -0.4 is 26.1 Å². The molecule has 132 valence electrons. The van der Waals surface area contributed by atoms with Gasteiger partial charge < -0.3 is 20.7 Å². The fraction of sp³-hybridized carbons (Fsp3) is 0.250. The van der Waals surface area contributed by atoms with Crippen molar-refractivity contribution in [2.45, 2.75) is 6.54 Å². The number of hydrogen-bond donors (Lipinski definition) is 3. The van der Waals surface area contributed by atoms with Crippen LogP contribution in [0, 0.1) is 0 Å². The number of methoxy groups -OCH3 is 1. The number of thiocarbonyl (C=S) groups is 1. The molecule has 0 unspecified atom stereocenters. The van der Waals surface area contributed by atoms with Crippen LogP contribution in [-0.2, 0) is 6.54 Å². The lowest BCUT2D eigenvalue weighted by Gasteiger charge is -2.15. The van der Waals surface area contributed by atoms with Crippen molar-refractivity contribution in [2.75, 3.05) is 31.4 Å². The summed E-state index contributed by atoms with van der Waals surface area (Å²) in [4.78, 5) is 10.7. The molecule has 0 saturated carbocycles. The third-order valence-corrected chi connectivity index (χ3v) is 3.27. The van der Waals surface area contributed by atoms with Crippen LogP contribution in [0.2, 0.25) is 0 Å². The summed E-state index contributed by atoms with van der Waals surface area (Å²) in [6.45, 7) is 0.584. The van der Waals surface area contributed by atoms with Crippen LogP contribution in [0.3, 0.4) is 0 Å². The van der Waals surface area contributed by atoms with E-state index in [0.717, 1.165) is 22.7 Å². The fourth-order valence-corrected chi connectivity index (χ4v) is 2.10. The third kappa shape index (κ3) is 5.57. The molecule has 2 rings (SSSR count). The Bertz CT molecular complexity index is 764. The zero-order valence-corrected chi connectivity index (χ0v) is 15.2. The van der Waals surface area contributed by atoms with Crippen LogP contribution in [0.25, 0.3) is 0 Å². The second kappa shape index (κ2) is 8.78. The number of hydrogen-bond acceptors (Lipinski definition) is 7. The summed E-state index contributed by atoms with van der Waals surface area (Å²) in [5, 5.41) is 7.25. The topological polar surface area (TPSA) is 101 Å². The van der Waals surface area contributed by atoms with Crippen molar-refractivity contribution in [1.82, 2.24) is 15.4 Å². The lowest BCUT2D eigenvalue weighted by molar-refractivity contribution is 0.414. The quantitative estimate of drug-likeness (QED) is 0.387. The highest BCUT2D eigenvalue weighted by Crippen LogP contribution is 2.17. The van der Waals surface area contributed by atoms with Gasteiger partial charge in [-0.25, -0.2) is 4.98 Å². The first-order valence-electron chi connectivity index (χ1n) is 7.49. The van der Waals surface area contributed by atoms with E-state index >= 15 is 0 Å². The Morgan fingerprint density at radius 1 is 1.44 bits per heavy atom. The molecule has 1 aromatic heterocycles. The number of hydrazone groups is 1. The van der Waals surface area contributed by atoms with Gasteiger partial charge in [0.15, 0.2) is 5.11 Å². The van der Waals surface area contributed by atoms with Gasteiger partial charge in [-0.15, -0.1) is 0 Å². The Morgan fingerprint density at radius 2 is 2.24 bits per heavy atom. The highest BCUT2D eigenvalue weighted by Gasteiger charge is 2.08. The summed E-state index contributed by atoms with van der Waals surface area (Å²) in [6, 6.07) is 7.81. The van der Waals surface area contributed by atoms with Gasteiger partial charge in [-0.3, -0.25) is 5.43 Å². The Hall–Kier alpha value is -2.94. The van der Waals surface area contributed by atoms with E-state index in [0.29, 0.717) is 12.5 Å². The average molecular weight is 359 g/mol. The predicted octanol–water partition coefficient (Wildman–Crippen LogP) is 1.33. The number of nitrogens with zero attached hydrogens (tertiary/aromatic N) is 4. The molecule has 1 aromatic carbocycles. The highest BCUT2D eigenvalue weighted by atomic mass is 32.1. The van der Waals surface area contributed by atoms with Crippen LogP contribution in [0.4, 0.5) is 11.8 Å². The molecular formula is C16H21N7OS. The Morgan fingerprint density at radius 3 is 2.92 bits per heavy atom. The molecule has 0 radical (unpaired) electrons. The van der Waals surface area contributed by atoms with Gasteiger partial charge in [-0.05, 0) is 29.9 Å². The molecule has 0 amide bonds. The molecule has 9 heteroatoms. The predicted molar refractivity (Wildman–Crippen MR) is 104 cm³/mol. The van der Waals surface area contributed by atoms with Crippen molar-refractivity contribution < 1.29 is 4.74 Å². The van der Waals surface area contributed by atoms with E-state index < -0.39 is 0 Å². The molecule has 8 nitrogen and oxygen atoms in total. The van der Waals surface area contributed by atoms with Gasteiger partial charge >= 0.3 is 0 Å². The highest BCUT2D eigenvalue weighted by molar-refractivity contribution is 7.80. The summed E-state index contributed by atoms with van der Waals surface area (Å²) in [5.41, 5.74) is 9.66. The minimum Gasteiger partial charge on any atom is -0.497 e. The van der Waals surface area contributed by atoms with E-state index in [1.807, 2.05) is 43.3 Å². The monoisotopic (exact) mass is 359 g/mol. The summed E-state index contributed by atoms with van der Waals surface area (Å²) < 4.78 is 5.22. The maximum Gasteiger partial charge on any atom is 0.224 e. The van der Waals surface area contributed by atoms with E-state index in [1.54, 1.807) is 19.5 Å². The van der Waals surface area contributed by atoms with Gasteiger partial charge in [0.2, 0.25) is 5.95 Å². The molecular weight excluding hydrogens is 338 g/mol. The SMILES string of the molecule is COc1cccc(CNc2ncc(/C=N/NC(N)=S)c(N(C)C)n2)c1. The molecule has 25 heavy (non-hydrogen) atoms. The van der Waals surface area contributed by atoms with Gasteiger partial charge in [0.25, 0.3) is 0 Å². The molecule has 0 atom stereocenters. The average Bonchev–Trinajstić information content (AvgIpc) is 2.60. The number of rotatable bonds is 7. The zero-order valence-electron chi connectivity index (χ0n) is 14.4. The molecule has 2 aromatic rings. The van der Waals surface area contributed by atoms with E-state index in [-0.39, 0.29) is 5.11 Å². The molecule has 0 spiro atoms. The van der Waals surface area contributed by atoms with Crippen molar-refractivity contribution >= 4 is 35.3 Å². The number of nitrogens with two attached hydrogens (primary N) is 1. The number of aromatic nitrogens is 2. The van der Waals surface area contributed by atoms with Crippen molar-refractivity contribution in [3.63, 3.8) is 0 Å². The molecule has 0 aliphatic heterocycles. The van der Waals surface area contributed by atoms with E-state index in [9.17, 15) is 0 Å². The number of nitrogens with one attached hydrogen (secondary N) is 2. The van der Waals surface area contributed by atoms with Crippen molar-refractivity contribution in [3.05, 3.63) is 41.6 Å². The molecule has 0 bridgehead atoms. The number of ether oxygens (including phenoxy) is 1. The lowest BCUT2D eigenvalue weighted by atomic mass is 10.2. The van der Waals surface area contributed by atoms with Gasteiger partial charge in [0, 0.05) is 26.8 Å². The molecule has 1 heterocycles. The second-order valence-electron chi connectivity index (χ2n) is 5.31. The molecule has 4 N–H and O–H groups in total. The van der Waals surface area contributed by atoms with Crippen LogP contribution in [0.5, 0.6) is 5.75 Å². The van der Waals surface area contributed by atoms with Crippen LogP contribution >= 0.6 is 12.2 Å². The van der Waals surface area contributed by atoms with Crippen molar-refractivity contribution in [2.24, 2.45) is 10.8 Å². The van der Waals surface area contributed by atoms with Crippen molar-refractivity contribution in [1.29, 1.82) is 0 Å². The maximum atomic E-state index is 5.34. The molecule has 0 aliphatic rings. The number of anilines is 2. The van der Waals surface area contributed by atoms with E-state index in [4.69, 9.17) is 22.7 Å². The summed E-state index contributed by atoms with van der Waals surface area (Å²) in [7, 11) is 5.44. The zero-order chi connectivity index (χ0) is 18.2. The third-order valence-electron chi connectivity index (χ3n) is 3.18. The maximum absolute atomic E-state index is 5.34. The van der Waals surface area contributed by atoms with Crippen molar-refractivity contribution in [3.8, 4) is 5.75 Å². The molecule has 0 fully saturated rings. The first-order valence-corrected chi connectivity index (χ1v) is 7.90. The molecule has 0 aliphatic carbocycles. The van der Waals surface area contributed by atoms with Gasteiger partial charge in [-0.2, -0.15) is 10.1 Å². The first kappa shape index (κ1) is 18.4. The Balaban J connectivity index is 2.12. The number of benzene rings is 1. The smallest absolute Gasteiger partial charge is 0.224 e. The Kier molecular flexibility index (Phi) is 6.47. The van der Waals surface area contributed by atoms with E-state index in [2.05, 4.69) is 25.8 Å². The minimum atomic E-state index is 0.0974. The second-order valence-corrected chi connectivity index (χ2v) is 5.75. The summed E-state index contributed by atoms with van der Waals surface area (Å²) in [5.74, 6) is 2.05. The molecule has 0 saturated heterocycles. The largest absolute Gasteiger partial charge is 0.497 e. The summed E-state index contributed by atoms with van der Waals surface area (Å²) in [6.07, 6.45) is 3.25. The fourth-order valence-electron chi connectivity index (χ4n) is 2.05. The van der Waals surface area contributed by atoms with Gasteiger partial charge in [-0.1, -0.05) is 12.1 Å². The normalized spacial score (nSPS) is 10.5. The van der Waals surface area contributed by atoms with Gasteiger partial charge in [0.05, 0.1) is 18.9 Å². The summed E-state index contributed by atoms with van der Waals surface area (Å²) >= 11 is 4.71. The lowest BCUT2D eigenvalue weighted by Crippen LogP contribution is -2.24. The van der Waals surface area contributed by atoms with Crippen LogP contribution in [0.1, 0.15) is 11.1 Å². The van der Waals surface area contributed by atoms with Crippen LogP contribution in [-0.4, -0.2) is 42.5 Å². The minimum absolute atomic E-state index is 0.0974. The van der Waals surface area contributed by atoms with Gasteiger partial charge in [0.1, 0.15) is 11.6 Å². The Labute approximate surface area is 152 Å².